The van der Waals surface area contributed by atoms with Gasteiger partial charge in [0.1, 0.15) is 24.9 Å². The van der Waals surface area contributed by atoms with E-state index in [1.165, 1.54) is 0 Å². The first kappa shape index (κ1) is 32.1. The zero-order valence-electron chi connectivity index (χ0n) is 27.2. The zero-order valence-corrected chi connectivity index (χ0v) is 27.2. The molecule has 6 rings (SSSR count). The van der Waals surface area contributed by atoms with Gasteiger partial charge in [0.25, 0.3) is 5.91 Å². The molecule has 0 unspecified atom stereocenters. The quantitative estimate of drug-likeness (QED) is 0.457. The van der Waals surface area contributed by atoms with Crippen LogP contribution in [0.2, 0.25) is 0 Å². The van der Waals surface area contributed by atoms with Crippen LogP contribution >= 0.6 is 0 Å². The molecule has 4 aliphatic rings. The molecule has 3 saturated heterocycles. The SMILES string of the molecule is Cc1cc(C[C@@H](OC(=O)N2CCCCC2)C(=O)N2CC[N+](C3CCOCC3)(N3CCc4ccccc4NC3=O)CC2)cc(C)c1O. The minimum Gasteiger partial charge on any atom is -0.507 e. The molecular formula is C35H48N5O6+. The predicted octanol–water partition coefficient (Wildman–Crippen LogP) is 4.39. The number of phenolic OH excluding ortho intramolecular Hbond substituents is 1. The molecule has 46 heavy (non-hydrogen) atoms. The lowest BCUT2D eigenvalue weighted by Crippen LogP contribution is -2.74. The number of para-hydroxylation sites is 1. The minimum atomic E-state index is -0.989. The summed E-state index contributed by atoms with van der Waals surface area (Å²) in [7, 11) is 0. The van der Waals surface area contributed by atoms with Crippen molar-refractivity contribution in [1.29, 1.82) is 0 Å². The highest BCUT2D eigenvalue weighted by Gasteiger charge is 2.50. The highest BCUT2D eigenvalue weighted by molar-refractivity contribution is 5.90. The van der Waals surface area contributed by atoms with Crippen molar-refractivity contribution in [2.45, 2.75) is 70.9 Å². The van der Waals surface area contributed by atoms with E-state index in [9.17, 15) is 19.5 Å². The molecule has 2 aromatic rings. The van der Waals surface area contributed by atoms with Gasteiger partial charge >= 0.3 is 12.1 Å². The molecule has 3 fully saturated rings. The summed E-state index contributed by atoms with van der Waals surface area (Å²) in [5.41, 5.74) is 4.25. The van der Waals surface area contributed by atoms with Crippen LogP contribution in [0.3, 0.4) is 0 Å². The number of nitrogens with one attached hydrogen (secondary N) is 1. The Hall–Kier alpha value is -3.83. The van der Waals surface area contributed by atoms with Crippen LogP contribution in [0.5, 0.6) is 5.75 Å². The monoisotopic (exact) mass is 634 g/mol. The zero-order chi connectivity index (χ0) is 32.3. The van der Waals surface area contributed by atoms with Crippen molar-refractivity contribution in [2.75, 3.05) is 64.3 Å². The third-order valence-electron chi connectivity index (χ3n) is 10.4. The van der Waals surface area contributed by atoms with Gasteiger partial charge in [0.2, 0.25) is 0 Å². The first-order valence-electron chi connectivity index (χ1n) is 16.9. The second-order valence-corrected chi connectivity index (χ2v) is 13.3. The summed E-state index contributed by atoms with van der Waals surface area (Å²) in [6.45, 7) is 8.89. The average molecular weight is 635 g/mol. The van der Waals surface area contributed by atoms with Gasteiger partial charge in [-0.2, -0.15) is 5.01 Å². The standard InChI is InChI=1S/C35H47N5O6/c1-25-22-27(23-26(2)32(25)41)24-31(46-35(44)38-13-6-3-7-14-38)33(42)37-16-18-40(19-17-37,29-11-20-45-21-12-29)39-15-10-28-8-4-5-9-30(28)36-34(39)43/h4-5,8-9,22-23,29,31H,3,6-7,10-21,24H2,1-2H3,(H-,36,41,43)/p+1/t31-/m1/s1. The Morgan fingerprint density at radius 1 is 0.978 bits per heavy atom. The van der Waals surface area contributed by atoms with Crippen molar-refractivity contribution in [3.8, 4) is 5.75 Å². The number of likely N-dealkylation sites (tertiary alicyclic amines) is 1. The van der Waals surface area contributed by atoms with Crippen LogP contribution in [-0.2, 0) is 27.1 Å². The third-order valence-corrected chi connectivity index (χ3v) is 10.4. The maximum Gasteiger partial charge on any atom is 0.410 e. The molecule has 0 radical (unpaired) electrons. The van der Waals surface area contributed by atoms with Gasteiger partial charge in [0.15, 0.2) is 6.10 Å². The van der Waals surface area contributed by atoms with E-state index in [4.69, 9.17) is 9.47 Å². The number of fused-ring (bicyclic) bond motifs is 1. The first-order valence-corrected chi connectivity index (χ1v) is 16.9. The van der Waals surface area contributed by atoms with Crippen molar-refractivity contribution >= 4 is 23.7 Å². The highest BCUT2D eigenvalue weighted by Crippen LogP contribution is 2.32. The normalized spacial score (nSPS) is 21.2. The molecule has 2 N–H and O–H groups in total. The lowest BCUT2D eigenvalue weighted by molar-refractivity contribution is -1.05. The minimum absolute atomic E-state index is 0.109. The summed E-state index contributed by atoms with van der Waals surface area (Å²) in [6, 6.07) is 11.8. The van der Waals surface area contributed by atoms with Gasteiger partial charge in [0, 0.05) is 38.0 Å². The number of hydrogen-bond acceptors (Lipinski definition) is 6. The van der Waals surface area contributed by atoms with Crippen LogP contribution in [0, 0.1) is 13.8 Å². The fourth-order valence-electron chi connectivity index (χ4n) is 7.78. The number of anilines is 1. The van der Waals surface area contributed by atoms with Gasteiger partial charge in [-0.05, 0) is 67.9 Å². The van der Waals surface area contributed by atoms with Crippen LogP contribution in [0.25, 0.3) is 0 Å². The van der Waals surface area contributed by atoms with Crippen molar-refractivity contribution in [1.82, 2.24) is 14.8 Å². The number of phenols is 1. The number of urea groups is 1. The van der Waals surface area contributed by atoms with E-state index < -0.39 is 12.2 Å². The van der Waals surface area contributed by atoms with Crippen LogP contribution < -0.4 is 5.32 Å². The number of ether oxygens (including phenoxy) is 2. The number of quaternary nitrogens is 1. The molecule has 0 spiro atoms. The topological polar surface area (TPSA) is 112 Å². The second kappa shape index (κ2) is 13.9. The smallest absolute Gasteiger partial charge is 0.410 e. The first-order chi connectivity index (χ1) is 22.2. The molecule has 4 aliphatic heterocycles. The lowest BCUT2D eigenvalue weighted by atomic mass is 10.00. The van der Waals surface area contributed by atoms with Crippen LogP contribution in [0.4, 0.5) is 15.3 Å². The number of nitrogens with zero attached hydrogens (tertiary/aromatic N) is 4. The maximum atomic E-state index is 14.3. The van der Waals surface area contributed by atoms with Crippen molar-refractivity contribution < 1.29 is 33.6 Å². The number of piperazine rings is 1. The number of amides is 4. The number of rotatable bonds is 6. The van der Waals surface area contributed by atoms with Gasteiger partial charge in [-0.25, -0.2) is 14.2 Å². The van der Waals surface area contributed by atoms with E-state index >= 15 is 0 Å². The molecule has 248 valence electrons. The predicted molar refractivity (Wildman–Crippen MR) is 173 cm³/mol. The molecule has 0 saturated carbocycles. The van der Waals surface area contributed by atoms with Gasteiger partial charge < -0.3 is 29.7 Å². The number of aromatic hydroxyl groups is 1. The molecule has 4 heterocycles. The van der Waals surface area contributed by atoms with Crippen LogP contribution in [-0.4, -0.2) is 114 Å². The van der Waals surface area contributed by atoms with Crippen molar-refractivity contribution in [2.24, 2.45) is 0 Å². The number of benzene rings is 2. The summed E-state index contributed by atoms with van der Waals surface area (Å²) in [4.78, 5) is 44.9. The Labute approximate surface area is 271 Å². The number of aryl methyl sites for hydroxylation is 2. The Kier molecular flexibility index (Phi) is 9.70. The molecule has 0 bridgehead atoms. The van der Waals surface area contributed by atoms with Crippen molar-refractivity contribution in [3.05, 3.63) is 58.7 Å². The molecule has 1 atom stereocenters. The van der Waals surface area contributed by atoms with Gasteiger partial charge in [0.05, 0.1) is 32.8 Å². The van der Waals surface area contributed by atoms with Crippen LogP contribution in [0.15, 0.2) is 36.4 Å². The highest BCUT2D eigenvalue weighted by atomic mass is 16.6. The molecule has 0 aliphatic carbocycles. The Balaban J connectivity index is 1.22. The molecule has 2 aromatic carbocycles. The van der Waals surface area contributed by atoms with Crippen LogP contribution in [0.1, 0.15) is 54.4 Å². The number of piperidine rings is 1. The summed E-state index contributed by atoms with van der Waals surface area (Å²) in [6.07, 6.45) is 4.17. The summed E-state index contributed by atoms with van der Waals surface area (Å²) in [5, 5.41) is 15.5. The molecule has 4 amide bonds. The van der Waals surface area contributed by atoms with E-state index in [0.29, 0.717) is 63.6 Å². The summed E-state index contributed by atoms with van der Waals surface area (Å²) >= 11 is 0. The van der Waals surface area contributed by atoms with Gasteiger partial charge in [-0.3, -0.25) is 4.79 Å². The van der Waals surface area contributed by atoms with Gasteiger partial charge in [-0.1, -0.05) is 30.3 Å². The largest absolute Gasteiger partial charge is 0.507 e. The van der Waals surface area contributed by atoms with E-state index in [1.54, 1.807) is 4.90 Å². The number of carbonyl (C=O) groups is 3. The lowest BCUT2D eigenvalue weighted by Gasteiger charge is -2.54. The molecule has 0 aromatic heterocycles. The second-order valence-electron chi connectivity index (χ2n) is 13.3. The fraction of sp³-hybridized carbons (Fsp3) is 0.571. The molecular weight excluding hydrogens is 586 g/mol. The van der Waals surface area contributed by atoms with E-state index in [-0.39, 0.29) is 30.2 Å². The van der Waals surface area contributed by atoms with E-state index in [1.807, 2.05) is 54.1 Å². The summed E-state index contributed by atoms with van der Waals surface area (Å²) in [5.74, 6) is 0.0158. The average Bonchev–Trinajstić information content (AvgIpc) is 3.25. The van der Waals surface area contributed by atoms with E-state index in [2.05, 4.69) is 11.4 Å². The third kappa shape index (κ3) is 6.66. The Morgan fingerprint density at radius 3 is 2.35 bits per heavy atom. The number of carbonyl (C=O) groups excluding carboxylic acids is 3. The molecule has 11 heteroatoms. The van der Waals surface area contributed by atoms with Gasteiger partial charge in [-0.15, -0.1) is 0 Å². The molecule has 11 nitrogen and oxygen atoms in total. The van der Waals surface area contributed by atoms with Crippen molar-refractivity contribution in [3.63, 3.8) is 0 Å². The Morgan fingerprint density at radius 2 is 1.65 bits per heavy atom. The fourth-order valence-corrected chi connectivity index (χ4v) is 7.78. The number of hydrogen-bond donors (Lipinski definition) is 2. The Bertz CT molecular complexity index is 1410. The van der Waals surface area contributed by atoms with E-state index in [0.717, 1.165) is 66.5 Å². The maximum absolute atomic E-state index is 14.3. The summed E-state index contributed by atoms with van der Waals surface area (Å²) < 4.78 is 12.2.